The summed E-state index contributed by atoms with van der Waals surface area (Å²) in [6.45, 7) is 35.8. The Morgan fingerprint density at radius 3 is 0.871 bits per heavy atom. The van der Waals surface area contributed by atoms with Crippen LogP contribution < -0.4 is 5.73 Å². The maximum Gasteiger partial charge on any atom is 0.356 e. The Kier molecular flexibility index (Phi) is 31.9. The number of pyridine rings is 4. The number of ether oxygens (including phenoxy) is 11. The fourth-order valence-corrected chi connectivity index (χ4v) is 11.1. The molecule has 4 atom stereocenters. The number of nitrogen functional groups attached to an aromatic ring is 1. The van der Waals surface area contributed by atoms with Crippen molar-refractivity contribution in [2.24, 2.45) is 0 Å². The summed E-state index contributed by atoms with van der Waals surface area (Å²) < 4.78 is 57.9. The van der Waals surface area contributed by atoms with Crippen molar-refractivity contribution in [3.63, 3.8) is 0 Å². The van der Waals surface area contributed by atoms with Crippen LogP contribution in [-0.2, 0) is 71.3 Å². The third-order valence-electron chi connectivity index (χ3n) is 14.5. The minimum Gasteiger partial charge on any atom is -0.467 e. The van der Waals surface area contributed by atoms with Crippen molar-refractivity contribution in [1.29, 1.82) is 0 Å². The first kappa shape index (κ1) is 87.3. The molecule has 0 fully saturated rings. The van der Waals surface area contributed by atoms with Gasteiger partial charge in [-0.25, -0.2) is 53.5 Å². The average Bonchev–Trinajstić information content (AvgIpc) is 0.772. The number of aryl methyl sites for hydroxylation is 4. The van der Waals surface area contributed by atoms with Gasteiger partial charge in [0.2, 0.25) is 0 Å². The minimum atomic E-state index is -1.04. The Labute approximate surface area is 612 Å². The molecular weight excluding hydrogens is 1390 g/mol. The Balaban J connectivity index is 0.000000354. The van der Waals surface area contributed by atoms with Crippen LogP contribution >= 0.6 is 46.4 Å². The number of nitrogens with zero attached hydrogens (tertiary/aromatic N) is 4. The first-order chi connectivity index (χ1) is 46.6. The number of esters is 7. The summed E-state index contributed by atoms with van der Waals surface area (Å²) >= 11 is 24.8. The SMILES string of the molecule is COC(=O)[C@@H](OC(C)(C)C)c1c(C)nc(Cl)c(C)c1Cl.COC(=O)c1nc(C)c([C@H](OC(C)(C)C)C(=O)OC)c(-c2ccc(Cl)cc2)c1C.COC(=O)c1nc(C)c([C@H](OC(C)(C)C)C(=O)OC)c(-c2ccc(N)cc2)c1C.COC(=O)c1nc(C)c([C@H](OC(C)(C)C)C(=O)OC)c(Cl)c1C. The molecule has 0 aliphatic heterocycles. The monoisotopic (exact) mass is 1480 g/mol. The second-order valence-corrected chi connectivity index (χ2v) is 28.3. The van der Waals surface area contributed by atoms with Gasteiger partial charge in [-0.05, 0) is 196 Å². The molecule has 552 valence electrons. The number of anilines is 1. The Bertz CT molecular complexity index is 3830. The van der Waals surface area contributed by atoms with Crippen LogP contribution in [0.15, 0.2) is 48.5 Å². The van der Waals surface area contributed by atoms with Gasteiger partial charge < -0.3 is 57.8 Å². The number of carbonyl (C=O) groups is 7. The molecule has 2 N–H and O–H groups in total. The largest absolute Gasteiger partial charge is 0.467 e. The summed E-state index contributed by atoms with van der Waals surface area (Å²) in [5.74, 6) is -3.91. The van der Waals surface area contributed by atoms with Crippen LogP contribution in [0.1, 0.15) is 206 Å². The third kappa shape index (κ3) is 23.6. The highest BCUT2D eigenvalue weighted by molar-refractivity contribution is 6.36. The number of aromatic nitrogens is 4. The van der Waals surface area contributed by atoms with E-state index >= 15 is 0 Å². The van der Waals surface area contributed by atoms with Crippen molar-refractivity contribution < 1.29 is 85.7 Å². The summed E-state index contributed by atoms with van der Waals surface area (Å²) in [7, 11) is 9.06. The Morgan fingerprint density at radius 1 is 0.347 bits per heavy atom. The number of rotatable bonds is 17. The van der Waals surface area contributed by atoms with E-state index < -0.39 is 88.6 Å². The van der Waals surface area contributed by atoms with Crippen molar-refractivity contribution in [2.45, 2.75) is 185 Å². The van der Waals surface area contributed by atoms with Crippen LogP contribution in [0.2, 0.25) is 20.2 Å². The molecule has 6 aromatic rings. The molecule has 27 heteroatoms. The fourth-order valence-electron chi connectivity index (χ4n) is 10.0. The molecule has 0 bridgehead atoms. The van der Waals surface area contributed by atoms with E-state index in [9.17, 15) is 33.6 Å². The standard InChI is InChI=1S/C22H26ClNO5.C22H28N2O5.C16H22ClNO5.C14H19Cl2NO3/c2*1-12-16(14-8-10-15(23)11-9-14)17(13(2)24-18(12)20(25)27-6)19(21(26)28-7)29-22(3,4)5;1-8-11(17)10(9(2)18-12(8)14(19)21-6)13(15(20)22-7)23-16(3,4)5;1-7-10(15)9(8(2)17-12(7)16)11(13(18)19-6)20-14(3,4)5/h8-11,19H,1-7H3;8-11,19H,23H2,1-7H3;13H,1-7H3;11H,1-6H3/t2*19-;13-;11-/m0000/s1. The second-order valence-electron chi connectivity index (χ2n) is 26.8. The van der Waals surface area contributed by atoms with Crippen LogP contribution in [-0.4, -0.2) is 134 Å². The molecule has 23 nitrogen and oxygen atoms in total. The van der Waals surface area contributed by atoms with Crippen molar-refractivity contribution >= 4 is 93.9 Å². The minimum absolute atomic E-state index is 0.109. The van der Waals surface area contributed by atoms with Gasteiger partial charge >= 0.3 is 41.8 Å². The van der Waals surface area contributed by atoms with E-state index in [-0.39, 0.29) is 22.1 Å². The predicted molar refractivity (Wildman–Crippen MR) is 387 cm³/mol. The molecule has 0 saturated heterocycles. The first-order valence-corrected chi connectivity index (χ1v) is 33.0. The molecule has 6 rings (SSSR count). The number of carbonyl (C=O) groups excluding carboxylic acids is 7. The zero-order valence-corrected chi connectivity index (χ0v) is 65.7. The average molecular weight is 1480 g/mol. The lowest BCUT2D eigenvalue weighted by atomic mass is 9.89. The van der Waals surface area contributed by atoms with E-state index in [4.69, 9.17) is 104 Å². The first-order valence-electron chi connectivity index (χ1n) is 31.5. The molecule has 0 spiro atoms. The van der Waals surface area contributed by atoms with Crippen molar-refractivity contribution in [2.75, 3.05) is 55.5 Å². The van der Waals surface area contributed by atoms with Gasteiger partial charge in [-0.15, -0.1) is 0 Å². The Morgan fingerprint density at radius 2 is 0.594 bits per heavy atom. The fraction of sp³-hybridized carbons (Fsp3) is 0.473. The molecule has 0 aliphatic rings. The van der Waals surface area contributed by atoms with Crippen molar-refractivity contribution in [1.82, 2.24) is 19.9 Å². The van der Waals surface area contributed by atoms with Crippen LogP contribution in [0, 0.1) is 55.4 Å². The van der Waals surface area contributed by atoms with Crippen LogP contribution in [0.25, 0.3) is 22.3 Å². The van der Waals surface area contributed by atoms with Crippen LogP contribution in [0.3, 0.4) is 0 Å². The molecular formula is C74H95Cl4N5O18. The number of nitrogens with two attached hydrogens (primary N) is 1. The van der Waals surface area contributed by atoms with Gasteiger partial charge in [-0.3, -0.25) is 0 Å². The highest BCUT2D eigenvalue weighted by atomic mass is 35.5. The highest BCUT2D eigenvalue weighted by Crippen LogP contribution is 2.43. The van der Waals surface area contributed by atoms with Gasteiger partial charge in [0.05, 0.1) is 82.2 Å². The quantitative estimate of drug-likeness (QED) is 0.0384. The molecule has 4 heterocycles. The van der Waals surface area contributed by atoms with E-state index in [0.717, 1.165) is 11.1 Å². The molecule has 0 unspecified atom stereocenters. The maximum atomic E-state index is 12.7. The Hall–Kier alpha value is -7.87. The smallest absolute Gasteiger partial charge is 0.356 e. The van der Waals surface area contributed by atoms with Gasteiger partial charge in [0.25, 0.3) is 0 Å². The lowest BCUT2D eigenvalue weighted by Crippen LogP contribution is -2.30. The number of methoxy groups -OCH3 is 7. The predicted octanol–water partition coefficient (Wildman–Crippen LogP) is 15.8. The lowest BCUT2D eigenvalue weighted by molar-refractivity contribution is -0.164. The van der Waals surface area contributed by atoms with E-state index in [1.165, 1.54) is 49.8 Å². The summed E-state index contributed by atoms with van der Waals surface area (Å²) in [5.41, 5.74) is 13.4. The molecule has 4 aromatic heterocycles. The van der Waals surface area contributed by atoms with Gasteiger partial charge in [0.1, 0.15) is 5.15 Å². The molecule has 0 aliphatic carbocycles. The van der Waals surface area contributed by atoms with Crippen molar-refractivity contribution in [3.05, 3.63) is 153 Å². The summed E-state index contributed by atoms with van der Waals surface area (Å²) in [6, 6.07) is 14.3. The zero-order chi connectivity index (χ0) is 77.5. The van der Waals surface area contributed by atoms with Gasteiger partial charge in [0.15, 0.2) is 41.5 Å². The second kappa shape index (κ2) is 36.8. The summed E-state index contributed by atoms with van der Waals surface area (Å²) in [4.78, 5) is 103. The topological polar surface area (TPSA) is 299 Å². The van der Waals surface area contributed by atoms with E-state index in [2.05, 4.69) is 19.9 Å². The maximum absolute atomic E-state index is 12.7. The molecule has 0 amide bonds. The lowest BCUT2D eigenvalue weighted by Gasteiger charge is -2.29. The summed E-state index contributed by atoms with van der Waals surface area (Å²) in [6.07, 6.45) is -4.02. The zero-order valence-electron chi connectivity index (χ0n) is 62.7. The molecule has 0 saturated carbocycles. The normalized spacial score (nSPS) is 12.6. The summed E-state index contributed by atoms with van der Waals surface area (Å²) in [5, 5.41) is 1.50. The number of halogens is 4. The molecule has 0 radical (unpaired) electrons. The van der Waals surface area contributed by atoms with E-state index in [1.807, 2.05) is 107 Å². The molecule has 101 heavy (non-hydrogen) atoms. The van der Waals surface area contributed by atoms with E-state index in [0.29, 0.717) is 99.3 Å². The van der Waals surface area contributed by atoms with Crippen LogP contribution in [0.5, 0.6) is 0 Å². The van der Waals surface area contributed by atoms with Crippen molar-refractivity contribution in [3.8, 4) is 22.3 Å². The highest BCUT2D eigenvalue weighted by Gasteiger charge is 2.39. The third-order valence-corrected chi connectivity index (χ3v) is 16.1. The van der Waals surface area contributed by atoms with Gasteiger partial charge in [-0.2, -0.15) is 0 Å². The van der Waals surface area contributed by atoms with E-state index in [1.54, 1.807) is 79.7 Å². The van der Waals surface area contributed by atoms with Gasteiger partial charge in [-0.1, -0.05) is 70.7 Å². The molecule has 2 aromatic carbocycles. The van der Waals surface area contributed by atoms with Crippen LogP contribution in [0.4, 0.5) is 5.69 Å². The number of benzene rings is 2. The van der Waals surface area contributed by atoms with Gasteiger partial charge in [0, 0.05) is 66.9 Å². The number of hydrogen-bond acceptors (Lipinski definition) is 23. The number of hydrogen-bond donors (Lipinski definition) is 1.